The highest BCUT2D eigenvalue weighted by molar-refractivity contribution is 8.18. The molecule has 23 heavy (non-hydrogen) atoms. The van der Waals surface area contributed by atoms with Gasteiger partial charge in [-0.15, -0.1) is 0 Å². The van der Waals surface area contributed by atoms with Crippen molar-refractivity contribution in [2.75, 3.05) is 0 Å². The van der Waals surface area contributed by atoms with Gasteiger partial charge < -0.3 is 10.2 Å². The molecule has 0 aliphatic carbocycles. The number of aliphatic imine (C=N–C) groups is 1. The summed E-state index contributed by atoms with van der Waals surface area (Å²) >= 11 is 1.08. The number of nitrogens with two attached hydrogens (primary N) is 2. The quantitative estimate of drug-likeness (QED) is 0.808. The molecule has 1 aromatic heterocycles. The number of rotatable bonds is 3. The number of furan rings is 1. The van der Waals surface area contributed by atoms with E-state index in [2.05, 4.69) is 4.99 Å². The molecule has 0 atom stereocenters. The molecular formula is C14H11N3O4S2. The zero-order valence-corrected chi connectivity index (χ0v) is 13.2. The van der Waals surface area contributed by atoms with Crippen LogP contribution in [0.15, 0.2) is 55.6 Å². The van der Waals surface area contributed by atoms with Crippen molar-refractivity contribution in [1.82, 2.24) is 0 Å². The van der Waals surface area contributed by atoms with E-state index in [1.807, 2.05) is 0 Å². The van der Waals surface area contributed by atoms with Gasteiger partial charge in [0.2, 0.25) is 10.0 Å². The van der Waals surface area contributed by atoms with Crippen molar-refractivity contribution in [1.29, 1.82) is 0 Å². The topological polar surface area (TPSA) is 129 Å². The van der Waals surface area contributed by atoms with E-state index in [-0.39, 0.29) is 10.1 Å². The summed E-state index contributed by atoms with van der Waals surface area (Å²) in [6, 6.07) is 9.38. The molecule has 0 unspecified atom stereocenters. The average molecular weight is 349 g/mol. The molecule has 2 aromatic rings. The number of carbonyl (C=O) groups excluding carboxylic acids is 1. The van der Waals surface area contributed by atoms with E-state index in [0.29, 0.717) is 22.0 Å². The van der Waals surface area contributed by atoms with Crippen molar-refractivity contribution in [3.8, 4) is 11.3 Å². The Kier molecular flexibility index (Phi) is 3.84. The van der Waals surface area contributed by atoms with Crippen LogP contribution in [0.4, 0.5) is 0 Å². The summed E-state index contributed by atoms with van der Waals surface area (Å²) in [5.74, 6) is 0.599. The lowest BCUT2D eigenvalue weighted by atomic mass is 10.2. The van der Waals surface area contributed by atoms with E-state index in [4.69, 9.17) is 15.3 Å². The number of nitrogens with zero attached hydrogens (tertiary/aromatic N) is 1. The number of primary sulfonamides is 1. The normalized spacial score (nSPS) is 16.8. The lowest BCUT2D eigenvalue weighted by Gasteiger charge is -2.00. The van der Waals surface area contributed by atoms with Crippen LogP contribution in [0.1, 0.15) is 5.76 Å². The second-order valence-electron chi connectivity index (χ2n) is 4.64. The molecule has 0 radical (unpaired) electrons. The van der Waals surface area contributed by atoms with Crippen LogP contribution in [0.2, 0.25) is 0 Å². The maximum absolute atomic E-state index is 11.5. The van der Waals surface area contributed by atoms with E-state index < -0.39 is 15.9 Å². The number of sulfonamides is 1. The fourth-order valence-corrected chi connectivity index (χ4v) is 3.13. The largest absolute Gasteiger partial charge is 0.457 e. The predicted octanol–water partition coefficient (Wildman–Crippen LogP) is 1.52. The van der Waals surface area contributed by atoms with Gasteiger partial charge in [0, 0.05) is 11.6 Å². The second-order valence-corrected chi connectivity index (χ2v) is 7.26. The van der Waals surface area contributed by atoms with Crippen LogP contribution >= 0.6 is 11.8 Å². The highest BCUT2D eigenvalue weighted by Gasteiger charge is 2.20. The van der Waals surface area contributed by atoms with Gasteiger partial charge in [0.1, 0.15) is 11.5 Å². The molecule has 9 heteroatoms. The number of hydrogen-bond donors (Lipinski definition) is 2. The molecule has 1 aromatic carbocycles. The van der Waals surface area contributed by atoms with E-state index >= 15 is 0 Å². The van der Waals surface area contributed by atoms with E-state index in [9.17, 15) is 13.2 Å². The van der Waals surface area contributed by atoms with Crippen molar-refractivity contribution >= 4 is 38.9 Å². The van der Waals surface area contributed by atoms with Crippen molar-refractivity contribution in [3.05, 3.63) is 47.1 Å². The summed E-state index contributed by atoms with van der Waals surface area (Å²) in [6.45, 7) is 0. The van der Waals surface area contributed by atoms with E-state index in [1.165, 1.54) is 12.1 Å². The molecule has 118 valence electrons. The molecule has 2 heterocycles. The minimum absolute atomic E-state index is 0.0238. The minimum atomic E-state index is -3.73. The summed E-state index contributed by atoms with van der Waals surface area (Å²) in [7, 11) is -3.73. The molecule has 1 aliphatic rings. The summed E-state index contributed by atoms with van der Waals surface area (Å²) in [5, 5.41) is 5.25. The molecule has 0 bridgehead atoms. The first kappa shape index (κ1) is 15.5. The third-order valence-corrected chi connectivity index (χ3v) is 4.75. The van der Waals surface area contributed by atoms with Gasteiger partial charge in [0.15, 0.2) is 5.17 Å². The Hall–Kier alpha value is -2.36. The smallest absolute Gasteiger partial charge is 0.286 e. The van der Waals surface area contributed by atoms with E-state index in [1.54, 1.807) is 30.3 Å². The van der Waals surface area contributed by atoms with Crippen molar-refractivity contribution in [3.63, 3.8) is 0 Å². The molecule has 1 aliphatic heterocycles. The van der Waals surface area contributed by atoms with Gasteiger partial charge in [-0.1, -0.05) is 0 Å². The van der Waals surface area contributed by atoms with Gasteiger partial charge in [-0.2, -0.15) is 4.99 Å². The van der Waals surface area contributed by atoms with Crippen molar-refractivity contribution in [2.24, 2.45) is 15.9 Å². The lowest BCUT2D eigenvalue weighted by molar-refractivity contribution is -0.113. The number of amidine groups is 1. The highest BCUT2D eigenvalue weighted by Crippen LogP contribution is 2.29. The first-order chi connectivity index (χ1) is 10.8. The van der Waals surface area contributed by atoms with Crippen LogP contribution in [0.5, 0.6) is 0 Å². The molecule has 1 amide bonds. The lowest BCUT2D eigenvalue weighted by Crippen LogP contribution is -2.11. The Morgan fingerprint density at radius 3 is 2.39 bits per heavy atom. The third kappa shape index (κ3) is 3.36. The van der Waals surface area contributed by atoms with Crippen LogP contribution in [0, 0.1) is 0 Å². The van der Waals surface area contributed by atoms with Gasteiger partial charge >= 0.3 is 0 Å². The maximum atomic E-state index is 11.5. The molecule has 0 spiro atoms. The van der Waals surface area contributed by atoms with Gasteiger partial charge in [-0.25, -0.2) is 13.6 Å². The zero-order chi connectivity index (χ0) is 16.6. The number of thioether (sulfide) groups is 1. The summed E-state index contributed by atoms with van der Waals surface area (Å²) in [5.41, 5.74) is 6.16. The van der Waals surface area contributed by atoms with Crippen LogP contribution < -0.4 is 10.9 Å². The Morgan fingerprint density at radius 2 is 1.83 bits per heavy atom. The first-order valence-electron chi connectivity index (χ1n) is 6.34. The van der Waals surface area contributed by atoms with Crippen LogP contribution in [0.3, 0.4) is 0 Å². The molecule has 0 saturated carbocycles. The molecule has 7 nitrogen and oxygen atoms in total. The number of carbonyl (C=O) groups is 1. The number of hydrogen-bond acceptors (Lipinski definition) is 6. The number of benzene rings is 1. The standard InChI is InChI=1S/C14H11N3O4S2/c15-14-17-13(18)12(22-14)7-9-3-6-11(21-9)8-1-4-10(5-2-8)23(16,19)20/h1-7H,(H2,15,17,18)(H2,16,19,20). The molecule has 3 rings (SSSR count). The molecular weight excluding hydrogens is 338 g/mol. The van der Waals surface area contributed by atoms with Gasteiger partial charge in [0.05, 0.1) is 9.80 Å². The molecule has 0 saturated heterocycles. The fourth-order valence-electron chi connectivity index (χ4n) is 1.95. The second kappa shape index (κ2) is 5.69. The highest BCUT2D eigenvalue weighted by atomic mass is 32.2. The molecule has 0 fully saturated rings. The monoisotopic (exact) mass is 349 g/mol. The SMILES string of the molecule is NC1=NC(=O)C(=Cc2ccc(-c3ccc(S(N)(=O)=O)cc3)o2)S1. The average Bonchev–Trinajstić information content (AvgIpc) is 3.06. The Balaban J connectivity index is 1.85. The maximum Gasteiger partial charge on any atom is 0.286 e. The minimum Gasteiger partial charge on any atom is -0.457 e. The van der Waals surface area contributed by atoms with Gasteiger partial charge in [-0.05, 0) is 48.2 Å². The van der Waals surface area contributed by atoms with Gasteiger partial charge in [0.25, 0.3) is 5.91 Å². The van der Waals surface area contributed by atoms with Gasteiger partial charge in [-0.3, -0.25) is 4.79 Å². The Morgan fingerprint density at radius 1 is 1.13 bits per heavy atom. The van der Waals surface area contributed by atoms with E-state index in [0.717, 1.165) is 11.8 Å². The van der Waals surface area contributed by atoms with Crippen LogP contribution in [0.25, 0.3) is 17.4 Å². The Labute approximate surface area is 136 Å². The molecule has 4 N–H and O–H groups in total. The summed E-state index contributed by atoms with van der Waals surface area (Å²) in [4.78, 5) is 15.5. The van der Waals surface area contributed by atoms with Crippen molar-refractivity contribution in [2.45, 2.75) is 4.90 Å². The summed E-state index contributed by atoms with van der Waals surface area (Å²) < 4.78 is 28.1. The third-order valence-electron chi connectivity index (χ3n) is 3.00. The van der Waals surface area contributed by atoms with Crippen molar-refractivity contribution < 1.29 is 17.6 Å². The fraction of sp³-hybridized carbons (Fsp3) is 0. The number of amides is 1. The van der Waals surface area contributed by atoms with Crippen LogP contribution in [-0.4, -0.2) is 19.5 Å². The van der Waals surface area contributed by atoms with Crippen LogP contribution in [-0.2, 0) is 14.8 Å². The first-order valence-corrected chi connectivity index (χ1v) is 8.70. The predicted molar refractivity (Wildman–Crippen MR) is 87.7 cm³/mol. The Bertz CT molecular complexity index is 941. The summed E-state index contributed by atoms with van der Waals surface area (Å²) in [6.07, 6.45) is 1.55. The zero-order valence-electron chi connectivity index (χ0n) is 11.6.